The van der Waals surface area contributed by atoms with Crippen molar-refractivity contribution in [3.8, 4) is 5.75 Å². The highest BCUT2D eigenvalue weighted by molar-refractivity contribution is 6.01. The van der Waals surface area contributed by atoms with Gasteiger partial charge in [0.1, 0.15) is 11.4 Å². The van der Waals surface area contributed by atoms with Gasteiger partial charge in [-0.2, -0.15) is 0 Å². The number of benzene rings is 2. The minimum absolute atomic E-state index is 0. The van der Waals surface area contributed by atoms with Crippen LogP contribution >= 0.6 is 12.4 Å². The Hall–Kier alpha value is -3.55. The maximum Gasteiger partial charge on any atom is 0.272 e. The number of amides is 1. The molecule has 204 valence electrons. The lowest BCUT2D eigenvalue weighted by atomic mass is 10.00. The number of ether oxygens (including phenoxy) is 1. The highest BCUT2D eigenvalue weighted by Crippen LogP contribution is 2.36. The van der Waals surface area contributed by atoms with Gasteiger partial charge in [0.2, 0.25) is 0 Å². The summed E-state index contributed by atoms with van der Waals surface area (Å²) in [5.74, 6) is 1.77. The maximum absolute atomic E-state index is 13.6. The van der Waals surface area contributed by atoms with Gasteiger partial charge >= 0.3 is 0 Å². The van der Waals surface area contributed by atoms with E-state index in [1.165, 1.54) is 27.9 Å². The van der Waals surface area contributed by atoms with Crippen molar-refractivity contribution in [2.24, 2.45) is 0 Å². The van der Waals surface area contributed by atoms with Crippen LogP contribution in [0.3, 0.4) is 0 Å². The molecule has 0 bridgehead atoms. The van der Waals surface area contributed by atoms with Crippen molar-refractivity contribution in [3.05, 3.63) is 88.2 Å². The van der Waals surface area contributed by atoms with Gasteiger partial charge in [-0.1, -0.05) is 36.4 Å². The molecule has 2 aliphatic rings. The molecule has 1 N–H and O–H groups in total. The Labute approximate surface area is 236 Å². The van der Waals surface area contributed by atoms with Crippen LogP contribution in [0.1, 0.15) is 38.4 Å². The van der Waals surface area contributed by atoms with Crippen LogP contribution in [-0.4, -0.2) is 60.2 Å². The predicted molar refractivity (Wildman–Crippen MR) is 159 cm³/mol. The van der Waals surface area contributed by atoms with Crippen LogP contribution in [0.2, 0.25) is 0 Å². The van der Waals surface area contributed by atoms with Gasteiger partial charge in [0.25, 0.3) is 5.91 Å². The molecule has 4 aromatic rings. The fourth-order valence-electron chi connectivity index (χ4n) is 5.83. The third kappa shape index (κ3) is 5.09. The number of aromatic nitrogens is 2. The molecule has 7 nitrogen and oxygen atoms in total. The number of hydrogen-bond donors (Lipinski definition) is 1. The van der Waals surface area contributed by atoms with E-state index in [1.807, 2.05) is 23.1 Å². The molecule has 0 unspecified atom stereocenters. The van der Waals surface area contributed by atoms with Gasteiger partial charge in [-0.3, -0.25) is 4.79 Å². The molecule has 1 amide bonds. The van der Waals surface area contributed by atoms with Crippen LogP contribution < -0.4 is 15.0 Å². The lowest BCUT2D eigenvalue weighted by Crippen LogP contribution is -2.46. The smallest absolute Gasteiger partial charge is 0.272 e. The predicted octanol–water partition coefficient (Wildman–Crippen LogP) is 4.74. The van der Waals surface area contributed by atoms with Crippen molar-refractivity contribution >= 4 is 35.0 Å². The number of methoxy groups -OCH3 is 1. The number of nitrogens with one attached hydrogen (secondary N) is 1. The number of carbonyl (C=O) groups excluding carboxylic acids is 1. The Morgan fingerprint density at radius 2 is 1.77 bits per heavy atom. The van der Waals surface area contributed by atoms with Crippen LogP contribution in [0.25, 0.3) is 10.9 Å². The molecule has 6 rings (SSSR count). The fourth-order valence-corrected chi connectivity index (χ4v) is 5.83. The van der Waals surface area contributed by atoms with E-state index >= 15 is 0 Å². The summed E-state index contributed by atoms with van der Waals surface area (Å²) >= 11 is 0. The number of piperazine rings is 1. The van der Waals surface area contributed by atoms with Gasteiger partial charge in [-0.15, -0.1) is 12.4 Å². The summed E-state index contributed by atoms with van der Waals surface area (Å²) in [6.45, 7) is 9.74. The van der Waals surface area contributed by atoms with E-state index in [0.717, 1.165) is 55.1 Å². The number of aryl methyl sites for hydroxylation is 1. The second kappa shape index (κ2) is 11.3. The number of fused-ring (bicyclic) bond motifs is 2. The zero-order chi connectivity index (χ0) is 26.2. The lowest BCUT2D eigenvalue weighted by Gasteiger charge is -2.32. The van der Waals surface area contributed by atoms with Crippen LogP contribution in [0.4, 0.5) is 5.82 Å². The van der Waals surface area contributed by atoms with Gasteiger partial charge in [0.05, 0.1) is 12.6 Å². The summed E-state index contributed by atoms with van der Waals surface area (Å²) in [4.78, 5) is 23.1. The van der Waals surface area contributed by atoms with Crippen molar-refractivity contribution in [2.75, 3.05) is 44.7 Å². The number of hydrogen-bond acceptors (Lipinski definition) is 5. The Kier molecular flexibility index (Phi) is 7.82. The first-order valence-electron chi connectivity index (χ1n) is 13.5. The van der Waals surface area contributed by atoms with Gasteiger partial charge in [-0.05, 0) is 60.7 Å². The quantitative estimate of drug-likeness (QED) is 0.392. The highest BCUT2D eigenvalue weighted by Gasteiger charge is 2.27. The maximum atomic E-state index is 13.6. The van der Waals surface area contributed by atoms with E-state index in [1.54, 1.807) is 7.11 Å². The number of halogens is 1. The van der Waals surface area contributed by atoms with E-state index in [-0.39, 0.29) is 18.3 Å². The van der Waals surface area contributed by atoms with E-state index in [4.69, 9.17) is 9.72 Å². The summed E-state index contributed by atoms with van der Waals surface area (Å²) in [5.41, 5.74) is 7.90. The van der Waals surface area contributed by atoms with Crippen LogP contribution in [0.15, 0.2) is 54.6 Å². The highest BCUT2D eigenvalue weighted by atomic mass is 35.5. The second-order valence-electron chi connectivity index (χ2n) is 10.4. The third-order valence-corrected chi connectivity index (χ3v) is 8.12. The minimum atomic E-state index is 0. The lowest BCUT2D eigenvalue weighted by molar-refractivity contribution is 0.0730. The molecule has 1 fully saturated rings. The number of rotatable bonds is 5. The summed E-state index contributed by atoms with van der Waals surface area (Å²) in [5, 5.41) is 4.44. The van der Waals surface area contributed by atoms with E-state index in [2.05, 4.69) is 65.0 Å². The number of anilines is 1. The monoisotopic (exact) mass is 545 g/mol. The minimum Gasteiger partial charge on any atom is -0.497 e. The molecule has 39 heavy (non-hydrogen) atoms. The van der Waals surface area contributed by atoms with Crippen molar-refractivity contribution in [3.63, 3.8) is 0 Å². The topological polar surface area (TPSA) is 62.6 Å². The van der Waals surface area contributed by atoms with Gasteiger partial charge in [0.15, 0.2) is 5.82 Å². The summed E-state index contributed by atoms with van der Waals surface area (Å²) < 4.78 is 7.85. The summed E-state index contributed by atoms with van der Waals surface area (Å²) in [7, 11) is 1.70. The molecular formula is C31H36ClN5O2. The molecule has 2 aliphatic heterocycles. The largest absolute Gasteiger partial charge is 0.497 e. The van der Waals surface area contributed by atoms with Gasteiger partial charge in [0, 0.05) is 56.9 Å². The Balaban J connectivity index is 0.00000308. The average molecular weight is 546 g/mol. The Bertz CT molecular complexity index is 1510. The van der Waals surface area contributed by atoms with E-state index in [0.29, 0.717) is 25.3 Å². The van der Waals surface area contributed by atoms with Crippen molar-refractivity contribution in [1.29, 1.82) is 0 Å². The SMILES string of the molecule is COc1cccc(Cn2c(C)c(C)c3cc(C(=O)N4CCNCC4)nc(N4CCc5ccccc5C4)c32)c1.Cl. The Morgan fingerprint density at radius 1 is 1.00 bits per heavy atom. The molecule has 0 aliphatic carbocycles. The Morgan fingerprint density at radius 3 is 2.54 bits per heavy atom. The normalized spacial score (nSPS) is 15.2. The zero-order valence-electron chi connectivity index (χ0n) is 22.9. The molecule has 8 heteroatoms. The number of pyridine rings is 1. The average Bonchev–Trinajstić information content (AvgIpc) is 3.21. The van der Waals surface area contributed by atoms with Gasteiger partial charge in [-0.25, -0.2) is 4.98 Å². The second-order valence-corrected chi connectivity index (χ2v) is 10.4. The third-order valence-electron chi connectivity index (χ3n) is 8.12. The van der Waals surface area contributed by atoms with Gasteiger partial charge < -0.3 is 24.4 Å². The standard InChI is InChI=1S/C31H35N5O2.ClH/c1-21-22(2)36(19-23-7-6-10-26(17-23)38-3)29-27(21)18-28(31(37)34-15-12-32-13-16-34)33-30(29)35-14-11-24-8-4-5-9-25(24)20-35;/h4-10,17-18,32H,11-16,19-20H2,1-3H3;1H. The zero-order valence-corrected chi connectivity index (χ0v) is 23.7. The molecule has 4 heterocycles. The fraction of sp³-hybridized carbons (Fsp3) is 0.355. The number of carbonyl (C=O) groups is 1. The summed E-state index contributed by atoms with van der Waals surface area (Å²) in [6.07, 6.45) is 0.962. The summed E-state index contributed by atoms with van der Waals surface area (Å²) in [6, 6.07) is 18.9. The molecule has 0 spiro atoms. The molecule has 0 radical (unpaired) electrons. The first-order chi connectivity index (χ1) is 18.5. The molecule has 2 aromatic carbocycles. The van der Waals surface area contributed by atoms with Crippen LogP contribution in [-0.2, 0) is 19.5 Å². The first kappa shape index (κ1) is 27.0. The van der Waals surface area contributed by atoms with Crippen molar-refractivity contribution in [1.82, 2.24) is 19.8 Å². The van der Waals surface area contributed by atoms with Crippen molar-refractivity contribution in [2.45, 2.75) is 33.4 Å². The molecular weight excluding hydrogens is 510 g/mol. The van der Waals surface area contributed by atoms with Crippen LogP contribution in [0, 0.1) is 13.8 Å². The van der Waals surface area contributed by atoms with E-state index in [9.17, 15) is 4.79 Å². The van der Waals surface area contributed by atoms with Crippen LogP contribution in [0.5, 0.6) is 5.75 Å². The first-order valence-corrected chi connectivity index (χ1v) is 13.5. The molecule has 0 atom stereocenters. The molecule has 0 saturated carbocycles. The molecule has 2 aromatic heterocycles. The van der Waals surface area contributed by atoms with E-state index < -0.39 is 0 Å². The number of nitrogens with zero attached hydrogens (tertiary/aromatic N) is 4. The molecule has 1 saturated heterocycles. The van der Waals surface area contributed by atoms with Crippen molar-refractivity contribution < 1.29 is 9.53 Å².